The second kappa shape index (κ2) is 5.56. The van der Waals surface area contributed by atoms with Crippen LogP contribution in [-0.4, -0.2) is 9.36 Å². The third-order valence-electron chi connectivity index (χ3n) is 2.52. The smallest absolute Gasteiger partial charge is 0.298 e. The van der Waals surface area contributed by atoms with Gasteiger partial charge in [0.15, 0.2) is 5.82 Å². The average molecular weight is 342 g/mol. The van der Waals surface area contributed by atoms with Gasteiger partial charge in [0.25, 0.3) is 5.19 Å². The molecule has 1 aromatic heterocycles. The molecule has 2 N–H and O–H groups in total. The Hall–Kier alpha value is -0.980. The number of hydrogen-bond acceptors (Lipinski definition) is 5. The number of hydrogen-bond donors (Lipinski definition) is 1. The Kier molecular flexibility index (Phi) is 4.23. The van der Waals surface area contributed by atoms with Crippen molar-refractivity contribution >= 4 is 27.5 Å². The first-order valence-electron chi connectivity index (χ1n) is 5.90. The Bertz CT molecular complexity index is 578. The van der Waals surface area contributed by atoms with Gasteiger partial charge in [-0.05, 0) is 18.2 Å². The first kappa shape index (κ1) is 14.4. The summed E-state index contributed by atoms with van der Waals surface area (Å²) in [5, 5.41) is 0.543. The number of benzene rings is 1. The van der Waals surface area contributed by atoms with Crippen LogP contribution < -0.4 is 10.5 Å². The standard InChI is InChI=1S/C13H16BrN3OS/c1-13(2,3)11-16-12(19-17-11)18-10-5-4-9(14)6-8(10)7-15/h4-6H,7,15H2,1-3H3. The first-order chi connectivity index (χ1) is 8.90. The summed E-state index contributed by atoms with van der Waals surface area (Å²) in [7, 11) is 0. The molecule has 1 aromatic carbocycles. The summed E-state index contributed by atoms with van der Waals surface area (Å²) in [4.78, 5) is 4.41. The van der Waals surface area contributed by atoms with E-state index in [9.17, 15) is 0 Å². The Morgan fingerprint density at radius 3 is 2.68 bits per heavy atom. The van der Waals surface area contributed by atoms with Crippen LogP contribution in [0.2, 0.25) is 0 Å². The summed E-state index contributed by atoms with van der Waals surface area (Å²) in [5.41, 5.74) is 6.57. The van der Waals surface area contributed by atoms with Gasteiger partial charge in [-0.15, -0.1) is 0 Å². The van der Waals surface area contributed by atoms with E-state index in [0.29, 0.717) is 11.7 Å². The van der Waals surface area contributed by atoms with E-state index in [1.165, 1.54) is 11.5 Å². The number of nitrogens with zero attached hydrogens (tertiary/aromatic N) is 2. The van der Waals surface area contributed by atoms with Crippen LogP contribution in [0.5, 0.6) is 10.9 Å². The Labute approximate surface area is 125 Å². The molecule has 6 heteroatoms. The lowest BCUT2D eigenvalue weighted by molar-refractivity contribution is 0.463. The molecule has 0 bridgehead atoms. The second-order valence-corrected chi connectivity index (χ2v) is 6.82. The number of halogens is 1. The zero-order valence-electron chi connectivity index (χ0n) is 11.1. The van der Waals surface area contributed by atoms with Crippen LogP contribution >= 0.6 is 27.5 Å². The quantitative estimate of drug-likeness (QED) is 0.920. The second-order valence-electron chi connectivity index (χ2n) is 5.19. The lowest BCUT2D eigenvalue weighted by Gasteiger charge is -2.12. The van der Waals surface area contributed by atoms with E-state index in [-0.39, 0.29) is 5.41 Å². The van der Waals surface area contributed by atoms with Gasteiger partial charge in [-0.25, -0.2) is 0 Å². The molecule has 0 unspecified atom stereocenters. The van der Waals surface area contributed by atoms with Crippen molar-refractivity contribution in [3.63, 3.8) is 0 Å². The predicted octanol–water partition coefficient (Wildman–Crippen LogP) is 3.85. The Balaban J connectivity index is 2.24. The van der Waals surface area contributed by atoms with Gasteiger partial charge in [0.05, 0.1) is 0 Å². The molecular weight excluding hydrogens is 326 g/mol. The van der Waals surface area contributed by atoms with E-state index in [1.54, 1.807) is 0 Å². The van der Waals surface area contributed by atoms with Crippen LogP contribution in [0.25, 0.3) is 0 Å². The van der Waals surface area contributed by atoms with E-state index >= 15 is 0 Å². The predicted molar refractivity (Wildman–Crippen MR) is 80.7 cm³/mol. The highest BCUT2D eigenvalue weighted by Crippen LogP contribution is 2.31. The number of ether oxygens (including phenoxy) is 1. The Morgan fingerprint density at radius 2 is 2.11 bits per heavy atom. The molecule has 0 amide bonds. The molecule has 102 valence electrons. The molecule has 0 aliphatic rings. The highest BCUT2D eigenvalue weighted by molar-refractivity contribution is 9.10. The molecule has 0 aliphatic heterocycles. The molecule has 2 rings (SSSR count). The third-order valence-corrected chi connectivity index (χ3v) is 3.61. The van der Waals surface area contributed by atoms with Crippen LogP contribution in [0.1, 0.15) is 32.2 Å². The molecule has 0 saturated heterocycles. The molecule has 0 aliphatic carbocycles. The summed E-state index contributed by atoms with van der Waals surface area (Å²) >= 11 is 4.68. The minimum atomic E-state index is -0.0749. The fourth-order valence-electron chi connectivity index (χ4n) is 1.46. The molecule has 2 aromatic rings. The van der Waals surface area contributed by atoms with Gasteiger partial charge in [0.1, 0.15) is 5.75 Å². The summed E-state index contributed by atoms with van der Waals surface area (Å²) in [6, 6.07) is 5.74. The van der Waals surface area contributed by atoms with Crippen molar-refractivity contribution < 1.29 is 4.74 Å². The maximum absolute atomic E-state index is 5.78. The van der Waals surface area contributed by atoms with Crippen molar-refractivity contribution in [3.05, 3.63) is 34.1 Å². The fourth-order valence-corrected chi connectivity index (χ4v) is 2.60. The van der Waals surface area contributed by atoms with Gasteiger partial charge in [0, 0.05) is 33.5 Å². The topological polar surface area (TPSA) is 61.0 Å². The van der Waals surface area contributed by atoms with E-state index in [4.69, 9.17) is 10.5 Å². The van der Waals surface area contributed by atoms with Crippen molar-refractivity contribution in [2.75, 3.05) is 0 Å². The highest BCUT2D eigenvalue weighted by Gasteiger charge is 2.20. The number of aromatic nitrogens is 2. The summed E-state index contributed by atoms with van der Waals surface area (Å²) in [6.07, 6.45) is 0. The highest BCUT2D eigenvalue weighted by atomic mass is 79.9. The zero-order valence-corrected chi connectivity index (χ0v) is 13.5. The summed E-state index contributed by atoms with van der Waals surface area (Å²) in [5.74, 6) is 1.52. The maximum atomic E-state index is 5.78. The van der Waals surface area contributed by atoms with E-state index < -0.39 is 0 Å². The van der Waals surface area contributed by atoms with Gasteiger partial charge in [-0.2, -0.15) is 9.36 Å². The van der Waals surface area contributed by atoms with Gasteiger partial charge in [0.2, 0.25) is 0 Å². The number of nitrogens with two attached hydrogens (primary N) is 1. The minimum absolute atomic E-state index is 0.0749. The largest absolute Gasteiger partial charge is 0.430 e. The normalized spacial score (nSPS) is 11.6. The molecule has 0 fully saturated rings. The molecule has 1 heterocycles. The average Bonchev–Trinajstić information content (AvgIpc) is 2.79. The van der Waals surface area contributed by atoms with E-state index in [0.717, 1.165) is 21.6 Å². The van der Waals surface area contributed by atoms with Crippen LogP contribution in [0.3, 0.4) is 0 Å². The zero-order chi connectivity index (χ0) is 14.0. The van der Waals surface area contributed by atoms with Gasteiger partial charge >= 0.3 is 0 Å². The van der Waals surface area contributed by atoms with Crippen LogP contribution in [0.15, 0.2) is 22.7 Å². The van der Waals surface area contributed by atoms with Crippen LogP contribution in [-0.2, 0) is 12.0 Å². The molecule has 4 nitrogen and oxygen atoms in total. The van der Waals surface area contributed by atoms with Crippen LogP contribution in [0, 0.1) is 0 Å². The molecule has 0 radical (unpaired) electrons. The van der Waals surface area contributed by atoms with Crippen molar-refractivity contribution in [2.45, 2.75) is 32.7 Å². The van der Waals surface area contributed by atoms with E-state index in [1.807, 2.05) is 18.2 Å². The SMILES string of the molecule is CC(C)(C)c1nsc(Oc2ccc(Br)cc2CN)n1. The molecule has 0 spiro atoms. The monoisotopic (exact) mass is 341 g/mol. The van der Waals surface area contributed by atoms with Crippen molar-refractivity contribution in [1.29, 1.82) is 0 Å². The molecule has 0 atom stereocenters. The van der Waals surface area contributed by atoms with Crippen LogP contribution in [0.4, 0.5) is 0 Å². The fraction of sp³-hybridized carbons (Fsp3) is 0.385. The van der Waals surface area contributed by atoms with Gasteiger partial charge in [-0.1, -0.05) is 36.7 Å². The van der Waals surface area contributed by atoms with E-state index in [2.05, 4.69) is 46.1 Å². The van der Waals surface area contributed by atoms with Crippen molar-refractivity contribution in [2.24, 2.45) is 5.73 Å². The lowest BCUT2D eigenvalue weighted by Crippen LogP contribution is -2.13. The number of rotatable bonds is 3. The van der Waals surface area contributed by atoms with Crippen molar-refractivity contribution in [1.82, 2.24) is 9.36 Å². The first-order valence-corrected chi connectivity index (χ1v) is 7.47. The molecule has 0 saturated carbocycles. The maximum Gasteiger partial charge on any atom is 0.298 e. The molecule has 19 heavy (non-hydrogen) atoms. The molecular formula is C13H16BrN3OS. The lowest BCUT2D eigenvalue weighted by atomic mass is 9.96. The van der Waals surface area contributed by atoms with Gasteiger partial charge in [-0.3, -0.25) is 0 Å². The summed E-state index contributed by atoms with van der Waals surface area (Å²) < 4.78 is 11.1. The Morgan fingerprint density at radius 1 is 1.37 bits per heavy atom. The third kappa shape index (κ3) is 3.52. The van der Waals surface area contributed by atoms with Gasteiger partial charge < -0.3 is 10.5 Å². The van der Waals surface area contributed by atoms with Crippen molar-refractivity contribution in [3.8, 4) is 10.9 Å². The summed E-state index contributed by atoms with van der Waals surface area (Å²) in [6.45, 7) is 6.64. The minimum Gasteiger partial charge on any atom is -0.430 e.